The van der Waals surface area contributed by atoms with Gasteiger partial charge in [0.25, 0.3) is 0 Å². The summed E-state index contributed by atoms with van der Waals surface area (Å²) < 4.78 is 5.26. The molecule has 0 N–H and O–H groups in total. The van der Waals surface area contributed by atoms with Crippen LogP contribution < -0.4 is 4.74 Å². The maximum Gasteiger partial charge on any atom is 0.129 e. The van der Waals surface area contributed by atoms with Gasteiger partial charge in [-0.1, -0.05) is 11.6 Å². The van der Waals surface area contributed by atoms with Crippen molar-refractivity contribution in [1.82, 2.24) is 0 Å². The van der Waals surface area contributed by atoms with Crippen LogP contribution in [0.1, 0.15) is 16.7 Å². The molecule has 1 heterocycles. The Bertz CT molecular complexity index is 259. The van der Waals surface area contributed by atoms with Gasteiger partial charge >= 0.3 is 0 Å². The predicted molar refractivity (Wildman–Crippen MR) is 40.2 cm³/mol. The molecule has 0 aliphatic carbocycles. The van der Waals surface area contributed by atoms with E-state index in [0.717, 1.165) is 12.4 Å². The molecule has 1 aliphatic rings. The van der Waals surface area contributed by atoms with Crippen molar-refractivity contribution in [1.29, 1.82) is 0 Å². The van der Waals surface area contributed by atoms with Crippen LogP contribution in [0.25, 0.3) is 0 Å². The highest BCUT2D eigenvalue weighted by molar-refractivity contribution is 5.47. The van der Waals surface area contributed by atoms with Crippen LogP contribution in [0.4, 0.5) is 0 Å². The summed E-state index contributed by atoms with van der Waals surface area (Å²) in [5.41, 5.74) is 3.96. The van der Waals surface area contributed by atoms with Crippen molar-refractivity contribution in [3.05, 3.63) is 28.8 Å². The molecule has 0 radical (unpaired) electrons. The molecular formula is C9H10O. The summed E-state index contributed by atoms with van der Waals surface area (Å²) in [6, 6.07) is 4.34. The van der Waals surface area contributed by atoms with Crippen molar-refractivity contribution in [3.63, 3.8) is 0 Å². The van der Waals surface area contributed by atoms with Gasteiger partial charge in [-0.25, -0.2) is 0 Å². The molecule has 0 bridgehead atoms. The minimum atomic E-state index is 0.803. The molecule has 1 nitrogen and oxygen atoms in total. The molecule has 1 aromatic rings. The molecule has 1 aliphatic heterocycles. The van der Waals surface area contributed by atoms with Crippen LogP contribution in [0.3, 0.4) is 0 Å². The zero-order valence-corrected chi connectivity index (χ0v) is 6.27. The number of rotatable bonds is 0. The fourth-order valence-corrected chi connectivity index (χ4v) is 1.43. The van der Waals surface area contributed by atoms with Crippen LogP contribution >= 0.6 is 0 Å². The van der Waals surface area contributed by atoms with E-state index in [2.05, 4.69) is 26.0 Å². The molecule has 2 rings (SSSR count). The number of fused-ring (bicyclic) bond motifs is 1. The maximum atomic E-state index is 5.26. The average Bonchev–Trinajstić information content (AvgIpc) is 1.77. The van der Waals surface area contributed by atoms with E-state index in [4.69, 9.17) is 4.74 Å². The van der Waals surface area contributed by atoms with Gasteiger partial charge in [-0.3, -0.25) is 0 Å². The van der Waals surface area contributed by atoms with Crippen LogP contribution in [0.2, 0.25) is 0 Å². The van der Waals surface area contributed by atoms with Crippen molar-refractivity contribution < 1.29 is 4.74 Å². The molecule has 52 valence electrons. The Morgan fingerprint density at radius 3 is 2.60 bits per heavy atom. The van der Waals surface area contributed by atoms with E-state index in [1.807, 2.05) is 0 Å². The normalized spacial score (nSPS) is 13.4. The first-order valence-corrected chi connectivity index (χ1v) is 3.50. The van der Waals surface area contributed by atoms with E-state index in [-0.39, 0.29) is 0 Å². The molecular weight excluding hydrogens is 124 g/mol. The Labute approximate surface area is 60.6 Å². The lowest BCUT2D eigenvalue weighted by Gasteiger charge is -2.22. The van der Waals surface area contributed by atoms with Gasteiger partial charge in [-0.15, -0.1) is 0 Å². The van der Waals surface area contributed by atoms with E-state index in [1.165, 1.54) is 16.7 Å². The fourth-order valence-electron chi connectivity index (χ4n) is 1.43. The molecule has 1 aromatic carbocycles. The van der Waals surface area contributed by atoms with Crippen molar-refractivity contribution in [3.8, 4) is 5.75 Å². The Hall–Kier alpha value is -0.980. The van der Waals surface area contributed by atoms with Crippen LogP contribution in [-0.4, -0.2) is 0 Å². The molecule has 0 saturated heterocycles. The Kier molecular flexibility index (Phi) is 1.01. The van der Waals surface area contributed by atoms with Crippen LogP contribution in [0, 0.1) is 13.8 Å². The highest BCUT2D eigenvalue weighted by Gasteiger charge is 2.16. The van der Waals surface area contributed by atoms with Crippen molar-refractivity contribution in [2.24, 2.45) is 0 Å². The van der Waals surface area contributed by atoms with E-state index in [0.29, 0.717) is 0 Å². The molecule has 1 heteroatoms. The lowest BCUT2D eigenvalue weighted by molar-refractivity contribution is 0.241. The number of aryl methyl sites for hydroxylation is 2. The highest BCUT2D eigenvalue weighted by atomic mass is 16.5. The van der Waals surface area contributed by atoms with E-state index >= 15 is 0 Å². The molecule has 0 fully saturated rings. The lowest BCUT2D eigenvalue weighted by atomic mass is 10.0. The second-order valence-electron chi connectivity index (χ2n) is 2.86. The summed E-state index contributed by atoms with van der Waals surface area (Å²) in [6.45, 7) is 5.01. The first kappa shape index (κ1) is 5.78. The Morgan fingerprint density at radius 1 is 1.30 bits per heavy atom. The third-order valence-corrected chi connectivity index (χ3v) is 1.87. The molecule has 0 amide bonds. The van der Waals surface area contributed by atoms with Crippen molar-refractivity contribution >= 4 is 0 Å². The summed E-state index contributed by atoms with van der Waals surface area (Å²) in [6.07, 6.45) is 0. The first-order valence-electron chi connectivity index (χ1n) is 3.50. The van der Waals surface area contributed by atoms with Gasteiger partial charge in [0.1, 0.15) is 12.4 Å². The highest BCUT2D eigenvalue weighted by Crippen LogP contribution is 2.33. The fraction of sp³-hybridized carbons (Fsp3) is 0.333. The molecule has 10 heavy (non-hydrogen) atoms. The molecule has 0 spiro atoms. The van der Waals surface area contributed by atoms with Gasteiger partial charge in [-0.05, 0) is 25.5 Å². The lowest BCUT2D eigenvalue weighted by Crippen LogP contribution is -2.10. The number of benzene rings is 1. The van der Waals surface area contributed by atoms with Crippen molar-refractivity contribution in [2.45, 2.75) is 20.5 Å². The van der Waals surface area contributed by atoms with Gasteiger partial charge in [0.05, 0.1) is 0 Å². The molecule has 0 aromatic heterocycles. The minimum absolute atomic E-state index is 0.803. The topological polar surface area (TPSA) is 9.23 Å². The number of hydrogen-bond donors (Lipinski definition) is 0. The van der Waals surface area contributed by atoms with E-state index in [9.17, 15) is 0 Å². The molecule has 0 saturated carbocycles. The smallest absolute Gasteiger partial charge is 0.129 e. The second kappa shape index (κ2) is 1.75. The summed E-state index contributed by atoms with van der Waals surface area (Å²) in [5.74, 6) is 1.10. The number of hydrogen-bond acceptors (Lipinski definition) is 1. The van der Waals surface area contributed by atoms with E-state index in [1.54, 1.807) is 0 Å². The first-order chi connectivity index (χ1) is 4.77. The average molecular weight is 134 g/mol. The van der Waals surface area contributed by atoms with Crippen LogP contribution in [0.15, 0.2) is 12.1 Å². The van der Waals surface area contributed by atoms with Gasteiger partial charge < -0.3 is 4.74 Å². The minimum Gasteiger partial charge on any atom is -0.488 e. The molecule has 0 unspecified atom stereocenters. The third kappa shape index (κ3) is 0.635. The monoisotopic (exact) mass is 134 g/mol. The standard InChI is InChI=1S/C9H10O/c1-6-3-7(2)9-8(4-6)5-10-9/h3-4H,5H2,1-2H3. The maximum absolute atomic E-state index is 5.26. The van der Waals surface area contributed by atoms with Crippen molar-refractivity contribution in [2.75, 3.05) is 0 Å². The van der Waals surface area contributed by atoms with Gasteiger partial charge in [0.2, 0.25) is 0 Å². The van der Waals surface area contributed by atoms with E-state index < -0.39 is 0 Å². The summed E-state index contributed by atoms with van der Waals surface area (Å²) in [5, 5.41) is 0. The summed E-state index contributed by atoms with van der Waals surface area (Å²) >= 11 is 0. The summed E-state index contributed by atoms with van der Waals surface area (Å²) in [4.78, 5) is 0. The third-order valence-electron chi connectivity index (χ3n) is 1.87. The van der Waals surface area contributed by atoms with Gasteiger partial charge in [-0.2, -0.15) is 0 Å². The van der Waals surface area contributed by atoms with Crippen LogP contribution in [0.5, 0.6) is 5.75 Å². The quantitative estimate of drug-likeness (QED) is 0.528. The van der Waals surface area contributed by atoms with Crippen LogP contribution in [-0.2, 0) is 6.61 Å². The summed E-state index contributed by atoms with van der Waals surface area (Å²) in [7, 11) is 0. The Balaban J connectivity index is 2.63. The van der Waals surface area contributed by atoms with Gasteiger partial charge in [0.15, 0.2) is 0 Å². The largest absolute Gasteiger partial charge is 0.488 e. The number of ether oxygens (including phenoxy) is 1. The zero-order valence-electron chi connectivity index (χ0n) is 6.27. The Morgan fingerprint density at radius 2 is 2.10 bits per heavy atom. The molecule has 0 atom stereocenters. The zero-order chi connectivity index (χ0) is 7.14. The SMILES string of the molecule is Cc1cc(C)c2c(c1)CO2. The predicted octanol–water partition coefficient (Wildman–Crippen LogP) is 2.20. The van der Waals surface area contributed by atoms with Gasteiger partial charge in [0, 0.05) is 5.56 Å². The second-order valence-corrected chi connectivity index (χ2v) is 2.86.